The Morgan fingerprint density at radius 2 is 1.35 bits per heavy atom. The zero-order valence-corrected chi connectivity index (χ0v) is 30.9. The number of para-hydroxylation sites is 3. The van der Waals surface area contributed by atoms with Crippen LogP contribution in [0.25, 0.3) is 55.5 Å². The van der Waals surface area contributed by atoms with Gasteiger partial charge in [0.15, 0.2) is 17.4 Å². The summed E-state index contributed by atoms with van der Waals surface area (Å²) < 4.78 is 31.1. The van der Waals surface area contributed by atoms with Crippen molar-refractivity contribution in [3.05, 3.63) is 192 Å². The van der Waals surface area contributed by atoms with Gasteiger partial charge in [-0.25, -0.2) is 14.1 Å². The molecule has 4 nitrogen and oxygen atoms in total. The number of nitrogens with zero attached hydrogens (tertiary/aromatic N) is 4. The molecule has 0 spiro atoms. The van der Waals surface area contributed by atoms with Gasteiger partial charge in [-0.1, -0.05) is 78.3 Å². The zero-order chi connectivity index (χ0) is 36.8. The summed E-state index contributed by atoms with van der Waals surface area (Å²) in [7, 11) is 0. The van der Waals surface area contributed by atoms with E-state index in [9.17, 15) is 0 Å². The third-order valence-corrected chi connectivity index (χ3v) is 10.6. The minimum atomic E-state index is -2.27. The molecule has 0 saturated carbocycles. The molecule has 10 rings (SSSR count). The molecule has 52 heavy (non-hydrogen) atoms. The van der Waals surface area contributed by atoms with Crippen molar-refractivity contribution in [2.24, 2.45) is 0 Å². The maximum Gasteiger partial charge on any atom is 0.188 e. The molecule has 6 aromatic carbocycles. The minimum absolute atomic E-state index is 0. The second-order valence-electron chi connectivity index (χ2n) is 13.7. The molecular formula is C47H35N4Pt-. The van der Waals surface area contributed by atoms with Crippen LogP contribution in [0.4, 0.5) is 0 Å². The molecule has 0 amide bonds. The number of rotatable bonds is 5. The van der Waals surface area contributed by atoms with Crippen LogP contribution in [-0.4, -0.2) is 18.7 Å². The van der Waals surface area contributed by atoms with Crippen LogP contribution >= 0.6 is 0 Å². The monoisotopic (exact) mass is 853 g/mol. The van der Waals surface area contributed by atoms with Crippen molar-refractivity contribution in [1.82, 2.24) is 18.7 Å². The molecule has 0 radical (unpaired) electrons. The molecule has 0 saturated heterocycles. The Morgan fingerprint density at radius 1 is 0.673 bits per heavy atom. The average molecular weight is 854 g/mol. The van der Waals surface area contributed by atoms with Crippen molar-refractivity contribution < 1.29 is 25.2 Å². The summed E-state index contributed by atoms with van der Waals surface area (Å²) in [5.41, 5.74) is 11.1. The minimum Gasteiger partial charge on any atom is -0.319 e. The second kappa shape index (κ2) is 12.3. The molecule has 0 fully saturated rings. The maximum absolute atomic E-state index is 8.16. The number of imidazole rings is 1. The third-order valence-electron chi connectivity index (χ3n) is 10.6. The maximum atomic E-state index is 8.16. The van der Waals surface area contributed by atoms with Gasteiger partial charge in [0.05, 0.1) is 6.04 Å². The largest absolute Gasteiger partial charge is 0.319 e. The van der Waals surface area contributed by atoms with Gasteiger partial charge in [-0.15, -0.1) is 22.6 Å². The van der Waals surface area contributed by atoms with Crippen LogP contribution in [0.15, 0.2) is 152 Å². The number of fused-ring (bicyclic) bond motifs is 7. The Bertz CT molecular complexity index is 2890. The predicted molar refractivity (Wildman–Crippen MR) is 208 cm³/mol. The first kappa shape index (κ1) is 29.1. The van der Waals surface area contributed by atoms with Gasteiger partial charge >= 0.3 is 0 Å². The van der Waals surface area contributed by atoms with Gasteiger partial charge in [0.25, 0.3) is 0 Å². The fourth-order valence-electron chi connectivity index (χ4n) is 8.41. The first-order chi connectivity index (χ1) is 26.2. The number of benzene rings is 6. The molecule has 5 heteroatoms. The average Bonchev–Trinajstić information content (AvgIpc) is 3.85. The number of hydrogen-bond acceptors (Lipinski definition) is 1. The molecule has 3 aromatic heterocycles. The van der Waals surface area contributed by atoms with Crippen molar-refractivity contribution in [2.45, 2.75) is 32.2 Å². The van der Waals surface area contributed by atoms with Crippen LogP contribution in [0.3, 0.4) is 0 Å². The summed E-state index contributed by atoms with van der Waals surface area (Å²) in [6.07, 6.45) is 3.77. The molecular weight excluding hydrogens is 816 g/mol. The van der Waals surface area contributed by atoms with E-state index in [1.807, 2.05) is 12.1 Å². The van der Waals surface area contributed by atoms with E-state index >= 15 is 0 Å². The summed E-state index contributed by atoms with van der Waals surface area (Å²) in [5.74, 6) is 0.538. The molecule has 0 unspecified atom stereocenters. The van der Waals surface area contributed by atoms with E-state index in [1.165, 1.54) is 16.6 Å². The van der Waals surface area contributed by atoms with Gasteiger partial charge < -0.3 is 4.57 Å². The molecule has 254 valence electrons. The Kier molecular flexibility index (Phi) is 6.86. The number of pyridine rings is 1. The summed E-state index contributed by atoms with van der Waals surface area (Å²) in [6, 6.07) is 56.4. The fraction of sp³-hybridized carbons (Fsp3) is 0.106. The van der Waals surface area contributed by atoms with Crippen molar-refractivity contribution in [2.75, 3.05) is 0 Å². The van der Waals surface area contributed by atoms with Crippen molar-refractivity contribution in [3.63, 3.8) is 0 Å². The quantitative estimate of drug-likeness (QED) is 0.159. The van der Waals surface area contributed by atoms with Crippen molar-refractivity contribution in [3.8, 4) is 22.6 Å². The van der Waals surface area contributed by atoms with E-state index in [0.717, 1.165) is 55.3 Å². The first-order valence-corrected chi connectivity index (χ1v) is 17.4. The standard InChI is InChI=1S/C47H35N4.Pt/c1-31(2)49-30-50(44-22-11-10-21-43(44)49)35-14-12-13-33(28-35)47(40-18-7-4-15-36(40)37-16-5-8-19-41(37)47)34-23-24-39-38-17-6-9-20-42(38)51(45(39)29-34)46-27-32(3)25-26-48-46;/h4-27,30-31H,1-3H3;/q-1;/i3D3;. The Hall–Kier alpha value is -5.57. The van der Waals surface area contributed by atoms with Gasteiger partial charge in [-0.05, 0) is 84.2 Å². The summed E-state index contributed by atoms with van der Waals surface area (Å²) in [4.78, 5) is 4.74. The first-order valence-electron chi connectivity index (χ1n) is 18.9. The zero-order valence-electron chi connectivity index (χ0n) is 31.6. The van der Waals surface area contributed by atoms with Crippen LogP contribution in [0, 0.1) is 19.0 Å². The molecule has 1 aliphatic carbocycles. The van der Waals surface area contributed by atoms with Gasteiger partial charge in [-0.2, -0.15) is 30.3 Å². The Morgan fingerprint density at radius 3 is 2.10 bits per heavy atom. The molecule has 3 heterocycles. The van der Waals surface area contributed by atoms with E-state index in [1.54, 1.807) is 18.3 Å². The Balaban J connectivity index is 0.00000397. The number of aryl methyl sites for hydroxylation is 1. The van der Waals surface area contributed by atoms with E-state index in [-0.39, 0.29) is 32.7 Å². The predicted octanol–water partition coefficient (Wildman–Crippen LogP) is 11.1. The normalized spacial score (nSPS) is 14.2. The SMILES string of the molecule is [2H]C([2H])([2H])c1ccnc(-n2c3[c-]c(C4(c5[c-]c(-n6[cH+]n(C(C)C)c7ccccc76)ccc5)c5ccccc5-c5ccccc54)ccc3c3ccccc32)c1.[Pt]. The second-order valence-corrected chi connectivity index (χ2v) is 13.7. The third kappa shape index (κ3) is 4.57. The molecule has 0 aliphatic heterocycles. The summed E-state index contributed by atoms with van der Waals surface area (Å²) in [5, 5.41) is 2.06. The fourth-order valence-corrected chi connectivity index (χ4v) is 8.41. The molecule has 9 aromatic rings. The molecule has 0 N–H and O–H groups in total. The van der Waals surface area contributed by atoms with Crippen molar-refractivity contribution in [1.29, 1.82) is 0 Å². The van der Waals surface area contributed by atoms with Gasteiger partial charge in [0.2, 0.25) is 0 Å². The van der Waals surface area contributed by atoms with Crippen LogP contribution in [0.5, 0.6) is 0 Å². The molecule has 0 atom stereocenters. The van der Waals surface area contributed by atoms with E-state index in [0.29, 0.717) is 5.82 Å². The van der Waals surface area contributed by atoms with E-state index in [2.05, 4.69) is 161 Å². The topological polar surface area (TPSA) is 27.7 Å². The van der Waals surface area contributed by atoms with Gasteiger partial charge in [-0.3, -0.25) is 0 Å². The summed E-state index contributed by atoms with van der Waals surface area (Å²) in [6.45, 7) is 2.14. The van der Waals surface area contributed by atoms with Gasteiger partial charge in [0.1, 0.15) is 5.82 Å². The van der Waals surface area contributed by atoms with Crippen LogP contribution in [0.2, 0.25) is 0 Å². The Labute approximate surface area is 322 Å². The number of aromatic nitrogens is 4. The van der Waals surface area contributed by atoms with Gasteiger partial charge in [0, 0.05) is 60.1 Å². The van der Waals surface area contributed by atoms with Crippen LogP contribution in [0.1, 0.15) is 51.8 Å². The van der Waals surface area contributed by atoms with Crippen LogP contribution in [-0.2, 0) is 26.5 Å². The van der Waals surface area contributed by atoms with Crippen molar-refractivity contribution >= 4 is 32.8 Å². The molecule has 1 aliphatic rings. The number of hydrogen-bond donors (Lipinski definition) is 0. The van der Waals surface area contributed by atoms with Crippen LogP contribution < -0.4 is 0 Å². The smallest absolute Gasteiger partial charge is 0.188 e. The van der Waals surface area contributed by atoms with E-state index < -0.39 is 12.3 Å². The molecule has 0 bridgehead atoms. The summed E-state index contributed by atoms with van der Waals surface area (Å²) >= 11 is 0. The van der Waals surface area contributed by atoms with E-state index in [4.69, 9.17) is 9.10 Å².